The van der Waals surface area contributed by atoms with E-state index in [2.05, 4.69) is 46.8 Å². The first kappa shape index (κ1) is 17.2. The van der Waals surface area contributed by atoms with Gasteiger partial charge in [0, 0.05) is 25.0 Å². The highest BCUT2D eigenvalue weighted by molar-refractivity contribution is 7.80. The van der Waals surface area contributed by atoms with Crippen LogP contribution in [0.15, 0.2) is 48.8 Å². The summed E-state index contributed by atoms with van der Waals surface area (Å²) >= 11 is 5.35. The summed E-state index contributed by atoms with van der Waals surface area (Å²) in [4.78, 5) is 0. The quantitative estimate of drug-likeness (QED) is 0.667. The molecule has 6 nitrogen and oxygen atoms in total. The highest BCUT2D eigenvalue weighted by Crippen LogP contribution is 2.10. The summed E-state index contributed by atoms with van der Waals surface area (Å²) in [5.74, 6) is 0.732. The van der Waals surface area contributed by atoms with E-state index >= 15 is 0 Å². The molecule has 0 spiro atoms. The van der Waals surface area contributed by atoms with Gasteiger partial charge in [0.25, 0.3) is 0 Å². The van der Waals surface area contributed by atoms with Crippen molar-refractivity contribution in [3.8, 4) is 0 Å². The molecular formula is C18H22N6S. The third-order valence-corrected chi connectivity index (χ3v) is 4.26. The van der Waals surface area contributed by atoms with Gasteiger partial charge in [0.15, 0.2) is 10.9 Å². The Morgan fingerprint density at radius 2 is 2.04 bits per heavy atom. The van der Waals surface area contributed by atoms with Crippen LogP contribution in [0.4, 0.5) is 5.82 Å². The molecule has 0 amide bonds. The van der Waals surface area contributed by atoms with Crippen LogP contribution in [0.3, 0.4) is 0 Å². The van der Waals surface area contributed by atoms with Gasteiger partial charge in [-0.3, -0.25) is 9.36 Å². The molecule has 0 fully saturated rings. The zero-order chi connectivity index (χ0) is 17.6. The lowest BCUT2D eigenvalue weighted by Gasteiger charge is -2.10. The van der Waals surface area contributed by atoms with Crippen molar-refractivity contribution in [1.29, 1.82) is 0 Å². The lowest BCUT2D eigenvalue weighted by molar-refractivity contribution is 0.614. The van der Waals surface area contributed by atoms with Crippen LogP contribution < -0.4 is 10.6 Å². The van der Waals surface area contributed by atoms with Gasteiger partial charge >= 0.3 is 0 Å². The van der Waals surface area contributed by atoms with Gasteiger partial charge in [0.2, 0.25) is 0 Å². The monoisotopic (exact) mass is 354 g/mol. The Labute approximate surface area is 152 Å². The SMILES string of the molecule is CCn1nccc1CNC(=S)Nc1ccn(Cc2ccccc2C)n1. The van der Waals surface area contributed by atoms with E-state index in [0.29, 0.717) is 11.7 Å². The maximum Gasteiger partial charge on any atom is 0.172 e. The van der Waals surface area contributed by atoms with E-state index in [9.17, 15) is 0 Å². The first-order chi connectivity index (χ1) is 12.2. The summed E-state index contributed by atoms with van der Waals surface area (Å²) in [5, 5.41) is 15.6. The Bertz CT molecular complexity index is 851. The van der Waals surface area contributed by atoms with Gasteiger partial charge in [-0.2, -0.15) is 10.2 Å². The van der Waals surface area contributed by atoms with Crippen LogP contribution in [-0.4, -0.2) is 24.7 Å². The number of aromatic nitrogens is 4. The Morgan fingerprint density at radius 3 is 2.84 bits per heavy atom. The van der Waals surface area contributed by atoms with Crippen molar-refractivity contribution in [1.82, 2.24) is 24.9 Å². The van der Waals surface area contributed by atoms with Gasteiger partial charge in [-0.1, -0.05) is 24.3 Å². The summed E-state index contributed by atoms with van der Waals surface area (Å²) in [7, 11) is 0. The van der Waals surface area contributed by atoms with Crippen molar-refractivity contribution >= 4 is 23.1 Å². The van der Waals surface area contributed by atoms with E-state index in [4.69, 9.17) is 12.2 Å². The molecule has 0 radical (unpaired) electrons. The van der Waals surface area contributed by atoms with E-state index in [1.807, 2.05) is 39.8 Å². The molecule has 0 aliphatic rings. The van der Waals surface area contributed by atoms with E-state index in [1.54, 1.807) is 6.20 Å². The van der Waals surface area contributed by atoms with Gasteiger partial charge in [0.05, 0.1) is 18.8 Å². The van der Waals surface area contributed by atoms with Crippen LogP contribution >= 0.6 is 12.2 Å². The largest absolute Gasteiger partial charge is 0.357 e. The van der Waals surface area contributed by atoms with Crippen LogP contribution in [0.1, 0.15) is 23.7 Å². The van der Waals surface area contributed by atoms with Crippen LogP contribution in [-0.2, 0) is 19.6 Å². The van der Waals surface area contributed by atoms with E-state index in [-0.39, 0.29) is 0 Å². The Hall–Kier alpha value is -2.67. The van der Waals surface area contributed by atoms with Gasteiger partial charge < -0.3 is 10.6 Å². The Balaban J connectivity index is 1.54. The average Bonchev–Trinajstić information content (AvgIpc) is 3.24. The first-order valence-corrected chi connectivity index (χ1v) is 8.70. The normalized spacial score (nSPS) is 10.6. The number of anilines is 1. The predicted molar refractivity (Wildman–Crippen MR) is 103 cm³/mol. The van der Waals surface area contributed by atoms with E-state index < -0.39 is 0 Å². The lowest BCUT2D eigenvalue weighted by atomic mass is 10.1. The first-order valence-electron chi connectivity index (χ1n) is 8.29. The minimum Gasteiger partial charge on any atom is -0.357 e. The molecule has 2 heterocycles. The maximum atomic E-state index is 5.35. The van der Waals surface area contributed by atoms with Crippen molar-refractivity contribution in [2.24, 2.45) is 0 Å². The maximum absolute atomic E-state index is 5.35. The highest BCUT2D eigenvalue weighted by Gasteiger charge is 2.05. The molecule has 3 rings (SSSR count). The number of nitrogens with one attached hydrogen (secondary N) is 2. The standard InChI is InChI=1S/C18H22N6S/c1-3-24-16(8-10-20-24)12-19-18(25)21-17-9-11-23(22-17)13-15-7-5-4-6-14(15)2/h4-11H,3,12-13H2,1-2H3,(H2,19,21,22,25). The summed E-state index contributed by atoms with van der Waals surface area (Å²) in [5.41, 5.74) is 3.61. The lowest BCUT2D eigenvalue weighted by Crippen LogP contribution is -2.29. The summed E-state index contributed by atoms with van der Waals surface area (Å²) in [6.45, 7) is 6.38. The molecule has 2 N–H and O–H groups in total. The van der Waals surface area contributed by atoms with Crippen LogP contribution in [0.25, 0.3) is 0 Å². The second-order valence-electron chi connectivity index (χ2n) is 5.77. The Morgan fingerprint density at radius 1 is 1.20 bits per heavy atom. The number of hydrogen-bond donors (Lipinski definition) is 2. The molecule has 7 heteroatoms. The van der Waals surface area contributed by atoms with Crippen LogP contribution in [0.5, 0.6) is 0 Å². The zero-order valence-corrected chi connectivity index (χ0v) is 15.3. The highest BCUT2D eigenvalue weighted by atomic mass is 32.1. The van der Waals surface area contributed by atoms with Crippen LogP contribution in [0, 0.1) is 6.92 Å². The van der Waals surface area contributed by atoms with Crippen molar-refractivity contribution in [2.75, 3.05) is 5.32 Å². The second-order valence-corrected chi connectivity index (χ2v) is 6.18. The molecule has 0 saturated carbocycles. The molecule has 0 aliphatic heterocycles. The predicted octanol–water partition coefficient (Wildman–Crippen LogP) is 2.94. The summed E-state index contributed by atoms with van der Waals surface area (Å²) in [6, 6.07) is 12.2. The van der Waals surface area contributed by atoms with Crippen molar-refractivity contribution in [3.05, 3.63) is 65.6 Å². The molecule has 0 saturated heterocycles. The van der Waals surface area contributed by atoms with Gasteiger partial charge in [-0.15, -0.1) is 0 Å². The third-order valence-electron chi connectivity index (χ3n) is 4.01. The number of rotatable bonds is 6. The molecule has 0 bridgehead atoms. The molecule has 2 aromatic heterocycles. The van der Waals surface area contributed by atoms with Gasteiger partial charge in [0.1, 0.15) is 0 Å². The number of hydrogen-bond acceptors (Lipinski definition) is 3. The summed E-state index contributed by atoms with van der Waals surface area (Å²) < 4.78 is 3.84. The topological polar surface area (TPSA) is 59.7 Å². The molecule has 130 valence electrons. The van der Waals surface area contributed by atoms with Crippen molar-refractivity contribution < 1.29 is 0 Å². The molecule has 0 unspecified atom stereocenters. The fraction of sp³-hybridized carbons (Fsp3) is 0.278. The molecule has 1 aromatic carbocycles. The molecule has 0 atom stereocenters. The summed E-state index contributed by atoms with van der Waals surface area (Å²) in [6.07, 6.45) is 3.74. The number of benzene rings is 1. The second kappa shape index (κ2) is 7.94. The fourth-order valence-electron chi connectivity index (χ4n) is 2.60. The van der Waals surface area contributed by atoms with Crippen LogP contribution in [0.2, 0.25) is 0 Å². The minimum atomic E-state index is 0.546. The number of aryl methyl sites for hydroxylation is 2. The van der Waals surface area contributed by atoms with Gasteiger partial charge in [-0.25, -0.2) is 0 Å². The fourth-order valence-corrected chi connectivity index (χ4v) is 2.78. The Kier molecular flexibility index (Phi) is 5.45. The number of thiocarbonyl (C=S) groups is 1. The molecule has 25 heavy (non-hydrogen) atoms. The third kappa shape index (κ3) is 4.45. The molecule has 3 aromatic rings. The van der Waals surface area contributed by atoms with E-state index in [0.717, 1.165) is 24.6 Å². The van der Waals surface area contributed by atoms with Crippen molar-refractivity contribution in [2.45, 2.75) is 33.5 Å². The smallest absolute Gasteiger partial charge is 0.172 e. The zero-order valence-electron chi connectivity index (χ0n) is 14.4. The molecular weight excluding hydrogens is 332 g/mol. The molecule has 0 aliphatic carbocycles. The average molecular weight is 354 g/mol. The minimum absolute atomic E-state index is 0.546. The van der Waals surface area contributed by atoms with Gasteiger partial charge in [-0.05, 0) is 43.3 Å². The van der Waals surface area contributed by atoms with E-state index in [1.165, 1.54) is 11.1 Å². The van der Waals surface area contributed by atoms with Crippen molar-refractivity contribution in [3.63, 3.8) is 0 Å². The number of nitrogens with zero attached hydrogens (tertiary/aromatic N) is 4.